The lowest BCUT2D eigenvalue weighted by Crippen LogP contribution is -2.48. The molecule has 1 aliphatic carbocycles. The second-order valence-electron chi connectivity index (χ2n) is 8.92. The van der Waals surface area contributed by atoms with Crippen LogP contribution in [0.3, 0.4) is 0 Å². The number of carbonyl (C=O) groups is 2. The van der Waals surface area contributed by atoms with Crippen LogP contribution in [-0.4, -0.2) is 47.9 Å². The first-order chi connectivity index (χ1) is 16.6. The number of halogens is 1. The minimum absolute atomic E-state index is 0.0255. The molecular formula is C27H27BrN2O3S. The van der Waals surface area contributed by atoms with E-state index in [0.29, 0.717) is 31.2 Å². The van der Waals surface area contributed by atoms with E-state index in [2.05, 4.69) is 27.4 Å². The van der Waals surface area contributed by atoms with Gasteiger partial charge in [0, 0.05) is 28.0 Å². The number of carbonyl (C=O) groups excluding carboxylic acids is 2. The standard InChI is InChI=1S/C27H27BrN2O3S/c28-21-6-4-5-20(15-21)27(32)29(16-19-9-10-19)17-26(31)30-13-11-25-23(12-14-34-25)24(30)18-33-22-7-2-1-3-8-22/h1-8,12,14-15,19,24H,9-11,13,16-18H2/t24-/m0/s1. The normalized spacial score (nSPS) is 17.2. The lowest BCUT2D eigenvalue weighted by molar-refractivity contribution is -0.135. The summed E-state index contributed by atoms with van der Waals surface area (Å²) in [4.78, 5) is 31.9. The van der Waals surface area contributed by atoms with Gasteiger partial charge in [0.2, 0.25) is 5.91 Å². The zero-order valence-corrected chi connectivity index (χ0v) is 21.3. The van der Waals surface area contributed by atoms with E-state index in [-0.39, 0.29) is 24.4 Å². The number of fused-ring (bicyclic) bond motifs is 1. The van der Waals surface area contributed by atoms with Crippen LogP contribution in [0.4, 0.5) is 0 Å². The van der Waals surface area contributed by atoms with Crippen LogP contribution in [0.25, 0.3) is 0 Å². The Bertz CT molecular complexity index is 1160. The zero-order chi connectivity index (χ0) is 23.5. The van der Waals surface area contributed by atoms with Crippen molar-refractivity contribution in [1.82, 2.24) is 9.80 Å². The van der Waals surface area contributed by atoms with E-state index in [1.165, 1.54) is 4.88 Å². The summed E-state index contributed by atoms with van der Waals surface area (Å²) in [5.74, 6) is 1.16. The van der Waals surface area contributed by atoms with Gasteiger partial charge in [-0.15, -0.1) is 11.3 Å². The van der Waals surface area contributed by atoms with Crippen LogP contribution >= 0.6 is 27.3 Å². The molecule has 5 nitrogen and oxygen atoms in total. The second-order valence-corrected chi connectivity index (χ2v) is 10.8. The highest BCUT2D eigenvalue weighted by Gasteiger charge is 2.35. The molecule has 2 aromatic carbocycles. The molecule has 1 saturated carbocycles. The molecule has 2 amide bonds. The average Bonchev–Trinajstić information content (AvgIpc) is 3.54. The van der Waals surface area contributed by atoms with E-state index in [4.69, 9.17) is 4.74 Å². The summed E-state index contributed by atoms with van der Waals surface area (Å²) in [6, 6.07) is 19.0. The number of hydrogen-bond acceptors (Lipinski definition) is 4. The maximum Gasteiger partial charge on any atom is 0.254 e. The third kappa shape index (κ3) is 5.36. The molecule has 1 aromatic heterocycles. The number of thiophene rings is 1. The highest BCUT2D eigenvalue weighted by atomic mass is 79.9. The zero-order valence-electron chi connectivity index (χ0n) is 18.9. The molecule has 0 radical (unpaired) electrons. The molecule has 0 spiro atoms. The van der Waals surface area contributed by atoms with E-state index >= 15 is 0 Å². The smallest absolute Gasteiger partial charge is 0.254 e. The molecule has 1 aliphatic heterocycles. The number of hydrogen-bond donors (Lipinski definition) is 0. The highest BCUT2D eigenvalue weighted by molar-refractivity contribution is 9.10. The molecule has 2 aliphatic rings. The van der Waals surface area contributed by atoms with E-state index < -0.39 is 0 Å². The Hall–Kier alpha value is -2.64. The number of nitrogens with zero attached hydrogens (tertiary/aromatic N) is 2. The summed E-state index contributed by atoms with van der Waals surface area (Å²) in [7, 11) is 0. The van der Waals surface area contributed by atoms with Gasteiger partial charge >= 0.3 is 0 Å². The van der Waals surface area contributed by atoms with Crippen molar-refractivity contribution in [2.75, 3.05) is 26.2 Å². The molecule has 3 aromatic rings. The quantitative estimate of drug-likeness (QED) is 0.376. The maximum atomic E-state index is 13.6. The predicted octanol–water partition coefficient (Wildman–Crippen LogP) is 5.57. The van der Waals surface area contributed by atoms with Crippen molar-refractivity contribution in [3.63, 3.8) is 0 Å². The lowest BCUT2D eigenvalue weighted by Gasteiger charge is -2.37. The van der Waals surface area contributed by atoms with Gasteiger partial charge in [0.1, 0.15) is 18.9 Å². The molecule has 7 heteroatoms. The van der Waals surface area contributed by atoms with Crippen LogP contribution < -0.4 is 4.74 Å². The van der Waals surface area contributed by atoms with Gasteiger partial charge in [0.15, 0.2) is 0 Å². The van der Waals surface area contributed by atoms with Gasteiger partial charge in [0.05, 0.1) is 6.04 Å². The summed E-state index contributed by atoms with van der Waals surface area (Å²) >= 11 is 5.19. The fraction of sp³-hybridized carbons (Fsp3) is 0.333. The van der Waals surface area contributed by atoms with E-state index in [9.17, 15) is 9.59 Å². The van der Waals surface area contributed by atoms with Gasteiger partial charge in [-0.05, 0) is 72.5 Å². The first kappa shape index (κ1) is 23.1. The molecule has 2 heterocycles. The first-order valence-electron chi connectivity index (χ1n) is 11.7. The Labute approximate surface area is 212 Å². The molecule has 1 atom stereocenters. The van der Waals surface area contributed by atoms with Gasteiger partial charge in [-0.2, -0.15) is 0 Å². The Morgan fingerprint density at radius 1 is 1.09 bits per heavy atom. The monoisotopic (exact) mass is 538 g/mol. The van der Waals surface area contributed by atoms with Crippen LogP contribution in [0.2, 0.25) is 0 Å². The van der Waals surface area contributed by atoms with Crippen molar-refractivity contribution in [1.29, 1.82) is 0 Å². The Morgan fingerprint density at radius 2 is 1.91 bits per heavy atom. The molecule has 0 N–H and O–H groups in total. The molecule has 34 heavy (non-hydrogen) atoms. The SMILES string of the molecule is O=C(c1cccc(Br)c1)N(CC(=O)N1CCc2sccc2[C@@H]1COc1ccccc1)CC1CC1. The van der Waals surface area contributed by atoms with Crippen LogP contribution in [0.15, 0.2) is 70.5 Å². The third-order valence-corrected chi connectivity index (χ3v) is 7.92. The van der Waals surface area contributed by atoms with Gasteiger partial charge in [-0.25, -0.2) is 0 Å². The van der Waals surface area contributed by atoms with Crippen molar-refractivity contribution < 1.29 is 14.3 Å². The van der Waals surface area contributed by atoms with E-state index in [1.807, 2.05) is 59.5 Å². The predicted molar refractivity (Wildman–Crippen MR) is 137 cm³/mol. The number of rotatable bonds is 8. The van der Waals surface area contributed by atoms with Crippen LogP contribution in [0.5, 0.6) is 5.75 Å². The fourth-order valence-electron chi connectivity index (χ4n) is 4.46. The molecule has 0 unspecified atom stereocenters. The molecule has 5 rings (SSSR count). The number of amides is 2. The summed E-state index contributed by atoms with van der Waals surface area (Å²) in [5, 5.41) is 2.09. The average molecular weight is 539 g/mol. The topological polar surface area (TPSA) is 49.9 Å². The molecule has 176 valence electrons. The van der Waals surface area contributed by atoms with Crippen LogP contribution in [0, 0.1) is 5.92 Å². The molecule has 0 saturated heterocycles. The Balaban J connectivity index is 1.34. The maximum absolute atomic E-state index is 13.6. The van der Waals surface area contributed by atoms with Gasteiger partial charge in [-0.3, -0.25) is 9.59 Å². The van der Waals surface area contributed by atoms with Crippen molar-refractivity contribution in [3.05, 3.63) is 86.5 Å². The molecule has 1 fully saturated rings. The van der Waals surface area contributed by atoms with Crippen LogP contribution in [-0.2, 0) is 11.2 Å². The van der Waals surface area contributed by atoms with Crippen molar-refractivity contribution in [2.45, 2.75) is 25.3 Å². The van der Waals surface area contributed by atoms with Crippen molar-refractivity contribution >= 4 is 39.1 Å². The fourth-order valence-corrected chi connectivity index (χ4v) is 5.78. The van der Waals surface area contributed by atoms with E-state index in [0.717, 1.165) is 35.0 Å². The van der Waals surface area contributed by atoms with Crippen molar-refractivity contribution in [3.8, 4) is 5.75 Å². The highest BCUT2D eigenvalue weighted by Crippen LogP contribution is 2.35. The molecule has 0 bridgehead atoms. The Kier molecular flexibility index (Phi) is 7.02. The Morgan fingerprint density at radius 3 is 2.68 bits per heavy atom. The van der Waals surface area contributed by atoms with Gasteiger partial charge in [-0.1, -0.05) is 40.2 Å². The van der Waals surface area contributed by atoms with Crippen LogP contribution in [0.1, 0.15) is 39.7 Å². The largest absolute Gasteiger partial charge is 0.491 e. The second kappa shape index (κ2) is 10.3. The van der Waals surface area contributed by atoms with E-state index in [1.54, 1.807) is 16.2 Å². The van der Waals surface area contributed by atoms with Gasteiger partial charge in [0.25, 0.3) is 5.91 Å². The van der Waals surface area contributed by atoms with Crippen molar-refractivity contribution in [2.24, 2.45) is 5.92 Å². The van der Waals surface area contributed by atoms with Gasteiger partial charge < -0.3 is 14.5 Å². The minimum atomic E-state index is -0.161. The molecular weight excluding hydrogens is 512 g/mol. The number of benzene rings is 2. The number of para-hydroxylation sites is 1. The number of ether oxygens (including phenoxy) is 1. The summed E-state index contributed by atoms with van der Waals surface area (Å²) in [5.41, 5.74) is 1.76. The summed E-state index contributed by atoms with van der Waals surface area (Å²) < 4.78 is 6.94. The first-order valence-corrected chi connectivity index (χ1v) is 13.3. The summed E-state index contributed by atoms with van der Waals surface area (Å²) in [6.07, 6.45) is 3.07. The lowest BCUT2D eigenvalue weighted by atomic mass is 10.0. The minimum Gasteiger partial charge on any atom is -0.491 e. The third-order valence-electron chi connectivity index (χ3n) is 6.43. The summed E-state index contributed by atoms with van der Waals surface area (Å²) in [6.45, 7) is 1.74.